The van der Waals surface area contributed by atoms with Crippen LogP contribution in [-0.4, -0.2) is 64.6 Å². The maximum Gasteiger partial charge on any atom is 0.333 e. The van der Waals surface area contributed by atoms with E-state index in [0.29, 0.717) is 30.1 Å². The number of hydrogen-bond acceptors (Lipinski definition) is 8. The van der Waals surface area contributed by atoms with Crippen LogP contribution in [0.15, 0.2) is 24.0 Å². The standard InChI is InChI=1S/C25H29NO9/c1-33-16-5-4-13-11-14-3-2-8-24-20(13)21(16)35-22(24)17(6-9-25(14,24)32)34-19(29)7-10-26-18(28)12-15(27)23(30)31/h4-6,14-15,22,27,32H,2-3,7-12H2,1H3,(H,26,28)(H,30,31)/t14-,15-,22+,24+,25-/m0/s1. The van der Waals surface area contributed by atoms with Crippen molar-refractivity contribution in [2.75, 3.05) is 13.7 Å². The maximum atomic E-state index is 12.6. The molecule has 0 radical (unpaired) electrons. The molecule has 2 bridgehead atoms. The Kier molecular flexibility index (Phi) is 5.76. The topological polar surface area (TPSA) is 152 Å². The molecule has 5 atom stereocenters. The molecule has 0 saturated heterocycles. The molecular formula is C25H29NO9. The summed E-state index contributed by atoms with van der Waals surface area (Å²) in [4.78, 5) is 35.0. The SMILES string of the molecule is COc1ccc2c3c1O[C@@H]1C(OC(=O)CCNC(=O)C[C@H](O)C(=O)O)=CC[C@]4(O)[C@@H](CCC[C@@]314)C2. The summed E-state index contributed by atoms with van der Waals surface area (Å²) in [6, 6.07) is 3.92. The third kappa shape index (κ3) is 3.49. The second-order valence-corrected chi connectivity index (χ2v) is 9.76. The average molecular weight is 488 g/mol. The van der Waals surface area contributed by atoms with Gasteiger partial charge in [0.05, 0.1) is 31.0 Å². The molecule has 1 aromatic carbocycles. The molecule has 35 heavy (non-hydrogen) atoms. The summed E-state index contributed by atoms with van der Waals surface area (Å²) in [7, 11) is 1.57. The van der Waals surface area contributed by atoms with E-state index in [1.807, 2.05) is 12.1 Å². The molecule has 1 amide bonds. The van der Waals surface area contributed by atoms with Crippen LogP contribution in [0.2, 0.25) is 0 Å². The van der Waals surface area contributed by atoms with Crippen LogP contribution in [0.3, 0.4) is 0 Å². The van der Waals surface area contributed by atoms with E-state index >= 15 is 0 Å². The molecule has 4 N–H and O–H groups in total. The summed E-state index contributed by atoms with van der Waals surface area (Å²) < 4.78 is 17.7. The molecule has 10 nitrogen and oxygen atoms in total. The van der Waals surface area contributed by atoms with Gasteiger partial charge in [-0.2, -0.15) is 0 Å². The normalized spacial score (nSPS) is 30.3. The lowest BCUT2D eigenvalue weighted by atomic mass is 9.47. The molecular weight excluding hydrogens is 458 g/mol. The smallest absolute Gasteiger partial charge is 0.333 e. The molecule has 4 aliphatic rings. The molecule has 0 aromatic heterocycles. The number of esters is 1. The van der Waals surface area contributed by atoms with Crippen molar-refractivity contribution in [1.29, 1.82) is 0 Å². The summed E-state index contributed by atoms with van der Waals surface area (Å²) in [5.41, 5.74) is 0.372. The molecule has 10 heteroatoms. The number of carboxylic acids is 1. The van der Waals surface area contributed by atoms with E-state index in [-0.39, 0.29) is 18.9 Å². The van der Waals surface area contributed by atoms with Crippen molar-refractivity contribution in [2.24, 2.45) is 5.92 Å². The number of aliphatic carboxylic acids is 1. The minimum atomic E-state index is -1.80. The third-order valence-electron chi connectivity index (χ3n) is 8.01. The second-order valence-electron chi connectivity index (χ2n) is 9.76. The monoisotopic (exact) mass is 487 g/mol. The van der Waals surface area contributed by atoms with Gasteiger partial charge in [-0.05, 0) is 49.3 Å². The Labute approximate surface area is 201 Å². The molecule has 188 valence electrons. The molecule has 1 aliphatic heterocycles. The lowest BCUT2D eigenvalue weighted by Crippen LogP contribution is -2.67. The maximum absolute atomic E-state index is 12.6. The number of aliphatic hydroxyl groups excluding tert-OH is 1. The van der Waals surface area contributed by atoms with Crippen LogP contribution in [0.5, 0.6) is 11.5 Å². The number of benzene rings is 1. The molecule has 0 unspecified atom stereocenters. The fourth-order valence-electron chi connectivity index (χ4n) is 6.50. The average Bonchev–Trinajstić information content (AvgIpc) is 3.15. The minimum Gasteiger partial charge on any atom is -0.493 e. The van der Waals surface area contributed by atoms with E-state index in [1.54, 1.807) is 13.2 Å². The number of hydrogen-bond donors (Lipinski definition) is 4. The number of carbonyl (C=O) groups excluding carboxylic acids is 2. The van der Waals surface area contributed by atoms with Gasteiger partial charge >= 0.3 is 11.9 Å². The summed E-state index contributed by atoms with van der Waals surface area (Å²) >= 11 is 0. The number of amides is 1. The highest BCUT2D eigenvalue weighted by Gasteiger charge is 2.70. The summed E-state index contributed by atoms with van der Waals surface area (Å²) in [6.07, 6.45) is 2.18. The number of aliphatic hydroxyl groups is 2. The first-order chi connectivity index (χ1) is 16.7. The largest absolute Gasteiger partial charge is 0.493 e. The first kappa shape index (κ1) is 23.6. The van der Waals surface area contributed by atoms with Crippen LogP contribution in [0.1, 0.15) is 49.7 Å². The van der Waals surface area contributed by atoms with Crippen molar-refractivity contribution in [3.8, 4) is 11.5 Å². The van der Waals surface area contributed by atoms with E-state index in [0.717, 1.165) is 30.4 Å². The van der Waals surface area contributed by atoms with Crippen molar-refractivity contribution >= 4 is 17.8 Å². The van der Waals surface area contributed by atoms with Gasteiger partial charge in [-0.15, -0.1) is 0 Å². The highest BCUT2D eigenvalue weighted by Crippen LogP contribution is 2.67. The van der Waals surface area contributed by atoms with Crippen molar-refractivity contribution < 1.29 is 43.9 Å². The fourth-order valence-corrected chi connectivity index (χ4v) is 6.50. The van der Waals surface area contributed by atoms with Crippen LogP contribution < -0.4 is 14.8 Å². The van der Waals surface area contributed by atoms with Gasteiger partial charge < -0.3 is 34.8 Å². The van der Waals surface area contributed by atoms with E-state index in [2.05, 4.69) is 5.32 Å². The zero-order valence-electron chi connectivity index (χ0n) is 19.4. The summed E-state index contributed by atoms with van der Waals surface area (Å²) in [5, 5.41) is 32.4. The van der Waals surface area contributed by atoms with Gasteiger partial charge in [-0.3, -0.25) is 9.59 Å². The number of ether oxygens (including phenoxy) is 3. The second kappa shape index (κ2) is 8.53. The van der Waals surface area contributed by atoms with Gasteiger partial charge in [0.15, 0.2) is 23.7 Å². The zero-order chi connectivity index (χ0) is 25.0. The zero-order valence-corrected chi connectivity index (χ0v) is 19.4. The molecule has 1 spiro atoms. The Balaban J connectivity index is 1.34. The predicted octanol–water partition coefficient (Wildman–Crippen LogP) is 0.954. The van der Waals surface area contributed by atoms with Crippen LogP contribution >= 0.6 is 0 Å². The first-order valence-electron chi connectivity index (χ1n) is 11.9. The molecule has 1 heterocycles. The Hall–Kier alpha value is -3.11. The Morgan fingerprint density at radius 1 is 1.31 bits per heavy atom. The van der Waals surface area contributed by atoms with Crippen molar-refractivity contribution in [2.45, 2.75) is 68.2 Å². The van der Waals surface area contributed by atoms with E-state index in [9.17, 15) is 24.6 Å². The van der Waals surface area contributed by atoms with E-state index in [1.165, 1.54) is 0 Å². The summed E-state index contributed by atoms with van der Waals surface area (Å²) in [5.74, 6) is -1.16. The number of rotatable bonds is 8. The number of nitrogens with one attached hydrogen (secondary N) is 1. The van der Waals surface area contributed by atoms with E-state index in [4.69, 9.17) is 19.3 Å². The van der Waals surface area contributed by atoms with Gasteiger partial charge in [0.1, 0.15) is 5.76 Å². The van der Waals surface area contributed by atoms with Gasteiger partial charge in [-0.1, -0.05) is 12.5 Å². The molecule has 3 aliphatic carbocycles. The van der Waals surface area contributed by atoms with Crippen LogP contribution in [0.4, 0.5) is 0 Å². The van der Waals surface area contributed by atoms with Gasteiger partial charge in [0.25, 0.3) is 0 Å². The van der Waals surface area contributed by atoms with Crippen LogP contribution in [0, 0.1) is 5.92 Å². The van der Waals surface area contributed by atoms with Crippen molar-refractivity contribution in [1.82, 2.24) is 5.32 Å². The Morgan fingerprint density at radius 3 is 2.86 bits per heavy atom. The van der Waals surface area contributed by atoms with Gasteiger partial charge in [-0.25, -0.2) is 4.79 Å². The lowest BCUT2D eigenvalue weighted by Gasteiger charge is -2.59. The van der Waals surface area contributed by atoms with Crippen LogP contribution in [-0.2, 0) is 31.0 Å². The quantitative estimate of drug-likeness (QED) is 0.393. The molecule has 1 aromatic rings. The predicted molar refractivity (Wildman–Crippen MR) is 120 cm³/mol. The minimum absolute atomic E-state index is 0.0713. The molecule has 1 saturated carbocycles. The third-order valence-corrected chi connectivity index (χ3v) is 8.01. The Bertz CT molecular complexity index is 1110. The first-order valence-corrected chi connectivity index (χ1v) is 11.9. The highest BCUT2D eigenvalue weighted by atomic mass is 16.6. The lowest BCUT2D eigenvalue weighted by molar-refractivity contribution is -0.160. The van der Waals surface area contributed by atoms with Crippen molar-refractivity contribution in [3.63, 3.8) is 0 Å². The van der Waals surface area contributed by atoms with E-state index < -0.39 is 47.5 Å². The number of carbonyl (C=O) groups is 3. The molecule has 5 rings (SSSR count). The fraction of sp³-hybridized carbons (Fsp3) is 0.560. The van der Waals surface area contributed by atoms with Gasteiger partial charge in [0, 0.05) is 12.1 Å². The molecule has 1 fully saturated rings. The number of carboxylic acid groups (broad SMARTS) is 1. The van der Waals surface area contributed by atoms with Crippen LogP contribution in [0.25, 0.3) is 0 Å². The van der Waals surface area contributed by atoms with Gasteiger partial charge in [0.2, 0.25) is 5.91 Å². The highest BCUT2D eigenvalue weighted by molar-refractivity contribution is 5.83. The summed E-state index contributed by atoms with van der Waals surface area (Å²) in [6.45, 7) is -0.0713. The number of methoxy groups -OCH3 is 1. The van der Waals surface area contributed by atoms with Crippen molar-refractivity contribution in [3.05, 3.63) is 35.1 Å². The Morgan fingerprint density at radius 2 is 2.11 bits per heavy atom.